The van der Waals surface area contributed by atoms with Crippen molar-refractivity contribution in [2.45, 2.75) is 19.1 Å². The van der Waals surface area contributed by atoms with E-state index in [1.165, 1.54) is 16.7 Å². The molecule has 2 aliphatic heterocycles. The van der Waals surface area contributed by atoms with E-state index >= 15 is 0 Å². The van der Waals surface area contributed by atoms with Crippen LogP contribution in [-0.2, 0) is 14.3 Å². The second-order valence-corrected chi connectivity index (χ2v) is 7.03. The number of halogens is 2. The maximum Gasteiger partial charge on any atom is 0.330 e. The van der Waals surface area contributed by atoms with Gasteiger partial charge >= 0.3 is 5.97 Å². The second-order valence-electron chi connectivity index (χ2n) is 5.32. The molecule has 104 valence electrons. The number of esters is 1. The van der Waals surface area contributed by atoms with Crippen molar-refractivity contribution in [3.8, 4) is 0 Å². The van der Waals surface area contributed by atoms with Crippen LogP contribution >= 0.6 is 31.9 Å². The molecule has 4 unspecified atom stereocenters. The molecule has 4 atom stereocenters. The number of carbonyl (C=O) groups is 1. The van der Waals surface area contributed by atoms with Crippen LogP contribution in [0.2, 0.25) is 0 Å². The number of carbonyl (C=O) groups excluding carboxylic acids is 1. The predicted octanol–water partition coefficient (Wildman–Crippen LogP) is 4.07. The van der Waals surface area contributed by atoms with Crippen LogP contribution in [0.5, 0.6) is 0 Å². The van der Waals surface area contributed by atoms with Crippen molar-refractivity contribution in [3.63, 3.8) is 0 Å². The minimum atomic E-state index is -0.234. The molecular formula is C15H12Br2O3. The van der Waals surface area contributed by atoms with Crippen LogP contribution in [0.3, 0.4) is 0 Å². The van der Waals surface area contributed by atoms with E-state index in [1.54, 1.807) is 6.08 Å². The maximum absolute atomic E-state index is 11.6. The largest absolute Gasteiger partial charge is 0.463 e. The summed E-state index contributed by atoms with van der Waals surface area (Å²) in [6, 6.07) is 4.25. The van der Waals surface area contributed by atoms with Gasteiger partial charge in [-0.2, -0.15) is 0 Å². The standard InChI is InChI=1S/C15H12Br2O3/c1-2-19-11(18)5-8-12-13(8)15-7-4-10(17)9(16)3-6(7)14(12)20-15/h3-5,12-15H,2H2,1H3. The van der Waals surface area contributed by atoms with Gasteiger partial charge < -0.3 is 9.47 Å². The fourth-order valence-corrected chi connectivity index (χ4v) is 4.22. The van der Waals surface area contributed by atoms with Crippen LogP contribution < -0.4 is 0 Å². The third-order valence-electron chi connectivity index (χ3n) is 4.30. The Morgan fingerprint density at radius 2 is 1.80 bits per heavy atom. The number of hydrogen-bond acceptors (Lipinski definition) is 3. The van der Waals surface area contributed by atoms with Crippen LogP contribution in [0.15, 0.2) is 32.7 Å². The third kappa shape index (κ3) is 1.69. The highest BCUT2D eigenvalue weighted by Crippen LogP contribution is 2.72. The van der Waals surface area contributed by atoms with E-state index in [0.29, 0.717) is 18.4 Å². The van der Waals surface area contributed by atoms with Gasteiger partial charge in [0.15, 0.2) is 0 Å². The van der Waals surface area contributed by atoms with E-state index in [-0.39, 0.29) is 18.2 Å². The third-order valence-corrected chi connectivity index (χ3v) is 6.15. The van der Waals surface area contributed by atoms with E-state index in [1.807, 2.05) is 6.92 Å². The van der Waals surface area contributed by atoms with Crippen LogP contribution in [0, 0.1) is 11.8 Å². The smallest absolute Gasteiger partial charge is 0.330 e. The molecule has 0 radical (unpaired) electrons. The van der Waals surface area contributed by atoms with Crippen molar-refractivity contribution < 1.29 is 14.3 Å². The Labute approximate surface area is 133 Å². The number of ether oxygens (including phenoxy) is 2. The molecule has 2 heterocycles. The lowest BCUT2D eigenvalue weighted by atomic mass is 9.92. The fourth-order valence-electron chi connectivity index (χ4n) is 3.50. The molecule has 1 saturated carbocycles. The lowest BCUT2D eigenvalue weighted by molar-refractivity contribution is -0.137. The van der Waals surface area contributed by atoms with E-state index < -0.39 is 0 Å². The summed E-state index contributed by atoms with van der Waals surface area (Å²) in [6.07, 6.45) is 1.87. The monoisotopic (exact) mass is 398 g/mol. The molecule has 0 amide bonds. The summed E-state index contributed by atoms with van der Waals surface area (Å²) in [6.45, 7) is 2.24. The normalized spacial score (nSPS) is 31.9. The summed E-state index contributed by atoms with van der Waals surface area (Å²) >= 11 is 7.08. The Morgan fingerprint density at radius 3 is 2.30 bits per heavy atom. The van der Waals surface area contributed by atoms with E-state index in [9.17, 15) is 4.79 Å². The molecule has 0 N–H and O–H groups in total. The lowest BCUT2D eigenvalue weighted by Crippen LogP contribution is -2.01. The molecule has 2 fully saturated rings. The molecule has 1 aliphatic carbocycles. The average Bonchev–Trinajstić information content (AvgIpc) is 2.81. The Morgan fingerprint density at radius 1 is 1.25 bits per heavy atom. The quantitative estimate of drug-likeness (QED) is 0.555. The first-order valence-corrected chi connectivity index (χ1v) is 8.23. The average molecular weight is 400 g/mol. The number of fused-ring (bicyclic) bond motifs is 8. The Hall–Kier alpha value is -0.650. The number of benzene rings is 1. The molecule has 20 heavy (non-hydrogen) atoms. The van der Waals surface area contributed by atoms with Crippen LogP contribution in [0.1, 0.15) is 30.3 Å². The summed E-state index contributed by atoms with van der Waals surface area (Å²) < 4.78 is 13.1. The van der Waals surface area contributed by atoms with Crippen molar-refractivity contribution in [2.24, 2.45) is 11.8 Å². The van der Waals surface area contributed by atoms with Crippen molar-refractivity contribution in [3.05, 3.63) is 43.9 Å². The fraction of sp³-hybridized carbons (Fsp3) is 0.400. The van der Waals surface area contributed by atoms with E-state index in [2.05, 4.69) is 44.0 Å². The van der Waals surface area contributed by atoms with E-state index in [0.717, 1.165) is 8.95 Å². The van der Waals surface area contributed by atoms with Gasteiger partial charge in [-0.3, -0.25) is 0 Å². The summed E-state index contributed by atoms with van der Waals surface area (Å²) in [4.78, 5) is 11.6. The molecule has 0 aromatic heterocycles. The first kappa shape index (κ1) is 13.0. The van der Waals surface area contributed by atoms with Crippen LogP contribution in [-0.4, -0.2) is 12.6 Å². The molecule has 4 rings (SSSR count). The number of hydrogen-bond donors (Lipinski definition) is 0. The molecule has 3 aliphatic rings. The van der Waals surface area contributed by atoms with Crippen LogP contribution in [0.25, 0.3) is 0 Å². The highest BCUT2D eigenvalue weighted by Gasteiger charge is 2.65. The second kappa shape index (κ2) is 4.42. The molecule has 0 spiro atoms. The summed E-state index contributed by atoms with van der Waals surface area (Å²) in [7, 11) is 0. The van der Waals surface area contributed by atoms with Gasteiger partial charge in [0.2, 0.25) is 0 Å². The summed E-state index contributed by atoms with van der Waals surface area (Å²) in [5, 5.41) is 0. The Kier molecular flexibility index (Phi) is 2.88. The van der Waals surface area contributed by atoms with Gasteiger partial charge in [0.05, 0.1) is 18.8 Å². The SMILES string of the molecule is CCOC(=O)C=C1C2C3OC(c4cc(Br)c(Br)cc43)C12. The minimum absolute atomic E-state index is 0.102. The van der Waals surface area contributed by atoms with Crippen molar-refractivity contribution >= 4 is 37.8 Å². The van der Waals surface area contributed by atoms with E-state index in [4.69, 9.17) is 9.47 Å². The minimum Gasteiger partial charge on any atom is -0.463 e. The molecule has 3 nitrogen and oxygen atoms in total. The molecule has 1 aromatic rings. The summed E-state index contributed by atoms with van der Waals surface area (Å²) in [5.41, 5.74) is 3.69. The molecule has 1 saturated heterocycles. The Bertz CT molecular complexity index is 610. The predicted molar refractivity (Wildman–Crippen MR) is 80.1 cm³/mol. The van der Waals surface area contributed by atoms with Gasteiger partial charge in [0.25, 0.3) is 0 Å². The first-order valence-electron chi connectivity index (χ1n) is 6.64. The van der Waals surface area contributed by atoms with Crippen molar-refractivity contribution in [1.29, 1.82) is 0 Å². The van der Waals surface area contributed by atoms with Crippen molar-refractivity contribution in [1.82, 2.24) is 0 Å². The maximum atomic E-state index is 11.6. The molecule has 2 bridgehead atoms. The highest BCUT2D eigenvalue weighted by molar-refractivity contribution is 9.13. The zero-order valence-electron chi connectivity index (χ0n) is 10.7. The molecular weight excluding hydrogens is 388 g/mol. The molecule has 5 heteroatoms. The zero-order valence-corrected chi connectivity index (χ0v) is 13.9. The van der Waals surface area contributed by atoms with Gasteiger partial charge in [-0.05, 0) is 67.6 Å². The van der Waals surface area contributed by atoms with Gasteiger partial charge in [0.1, 0.15) is 0 Å². The summed E-state index contributed by atoms with van der Waals surface area (Å²) in [5.74, 6) is 0.498. The highest BCUT2D eigenvalue weighted by atomic mass is 79.9. The zero-order chi connectivity index (χ0) is 14.0. The number of rotatable bonds is 2. The van der Waals surface area contributed by atoms with Crippen molar-refractivity contribution in [2.75, 3.05) is 6.61 Å². The topological polar surface area (TPSA) is 35.5 Å². The van der Waals surface area contributed by atoms with Gasteiger partial charge in [-0.25, -0.2) is 4.79 Å². The molecule has 1 aromatic carbocycles. The van der Waals surface area contributed by atoms with Gasteiger partial charge in [-0.1, -0.05) is 0 Å². The first-order chi connectivity index (χ1) is 9.61. The lowest BCUT2D eigenvalue weighted by Gasteiger charge is -2.11. The van der Waals surface area contributed by atoms with Gasteiger partial charge in [-0.15, -0.1) is 0 Å². The van der Waals surface area contributed by atoms with Crippen LogP contribution in [0.4, 0.5) is 0 Å². The van der Waals surface area contributed by atoms with Gasteiger partial charge in [0, 0.05) is 26.9 Å². The Balaban J connectivity index is 1.66.